The Morgan fingerprint density at radius 1 is 1.45 bits per heavy atom. The molecule has 1 aliphatic rings. The molecule has 3 rings (SSSR count). The van der Waals surface area contributed by atoms with Gasteiger partial charge in [-0.25, -0.2) is 4.68 Å². The van der Waals surface area contributed by atoms with Crippen LogP contribution >= 0.6 is 0 Å². The molecule has 0 atom stereocenters. The summed E-state index contributed by atoms with van der Waals surface area (Å²) in [6.07, 6.45) is 5.37. The Morgan fingerprint density at radius 2 is 2.30 bits per heavy atom. The van der Waals surface area contributed by atoms with Crippen LogP contribution in [0.3, 0.4) is 0 Å². The van der Waals surface area contributed by atoms with Crippen molar-refractivity contribution in [2.75, 3.05) is 13.2 Å². The Labute approximate surface area is 116 Å². The van der Waals surface area contributed by atoms with E-state index in [4.69, 9.17) is 5.11 Å². The lowest BCUT2D eigenvalue weighted by atomic mass is 10.1. The molecule has 0 unspecified atom stereocenters. The average molecular weight is 272 g/mol. The van der Waals surface area contributed by atoms with Gasteiger partial charge in [0.15, 0.2) is 0 Å². The maximum atomic E-state index is 12.5. The van der Waals surface area contributed by atoms with E-state index in [0.717, 1.165) is 18.5 Å². The van der Waals surface area contributed by atoms with Crippen molar-refractivity contribution in [2.45, 2.75) is 18.9 Å². The lowest BCUT2D eigenvalue weighted by Crippen LogP contribution is -2.35. The van der Waals surface area contributed by atoms with Crippen LogP contribution in [0.1, 0.15) is 23.2 Å². The topological polar surface area (TPSA) is 71.2 Å². The van der Waals surface area contributed by atoms with Crippen molar-refractivity contribution in [1.82, 2.24) is 19.9 Å². The third-order valence-corrected chi connectivity index (χ3v) is 3.37. The fraction of sp³-hybridized carbons (Fsp3) is 0.357. The van der Waals surface area contributed by atoms with Crippen LogP contribution in [0.4, 0.5) is 0 Å². The SMILES string of the molecule is O=C(c1cccc(-n2ccnn2)c1)N(CCO)C1CC1. The number of aliphatic hydroxyl groups is 1. The van der Waals surface area contributed by atoms with Crippen LogP contribution in [0.25, 0.3) is 5.69 Å². The Kier molecular flexibility index (Phi) is 3.47. The highest BCUT2D eigenvalue weighted by Gasteiger charge is 2.32. The molecule has 1 amide bonds. The summed E-state index contributed by atoms with van der Waals surface area (Å²) in [5.74, 6) is -0.0384. The fourth-order valence-electron chi connectivity index (χ4n) is 2.24. The van der Waals surface area contributed by atoms with E-state index in [9.17, 15) is 4.79 Å². The van der Waals surface area contributed by atoms with Gasteiger partial charge < -0.3 is 10.0 Å². The molecule has 6 nitrogen and oxygen atoms in total. The van der Waals surface area contributed by atoms with Crippen LogP contribution in [0.5, 0.6) is 0 Å². The van der Waals surface area contributed by atoms with Gasteiger partial charge in [0.1, 0.15) is 0 Å². The molecule has 1 fully saturated rings. The number of hydrogen-bond donors (Lipinski definition) is 1. The van der Waals surface area contributed by atoms with Gasteiger partial charge in [0.25, 0.3) is 5.91 Å². The Balaban J connectivity index is 1.85. The number of carbonyl (C=O) groups is 1. The molecule has 1 aromatic heterocycles. The first-order valence-electron chi connectivity index (χ1n) is 6.68. The lowest BCUT2D eigenvalue weighted by molar-refractivity contribution is 0.0707. The first-order valence-corrected chi connectivity index (χ1v) is 6.68. The molecule has 6 heteroatoms. The van der Waals surface area contributed by atoms with Crippen LogP contribution in [0.2, 0.25) is 0 Å². The summed E-state index contributed by atoms with van der Waals surface area (Å²) in [6, 6.07) is 7.57. The number of benzene rings is 1. The normalized spacial score (nSPS) is 14.2. The third kappa shape index (κ3) is 2.55. The van der Waals surface area contributed by atoms with Crippen molar-refractivity contribution in [3.05, 3.63) is 42.2 Å². The highest BCUT2D eigenvalue weighted by molar-refractivity contribution is 5.95. The summed E-state index contributed by atoms with van der Waals surface area (Å²) in [5, 5.41) is 16.8. The van der Waals surface area contributed by atoms with Gasteiger partial charge in [-0.15, -0.1) is 5.10 Å². The second-order valence-corrected chi connectivity index (χ2v) is 4.85. The van der Waals surface area contributed by atoms with Gasteiger partial charge in [-0.1, -0.05) is 11.3 Å². The van der Waals surface area contributed by atoms with E-state index >= 15 is 0 Å². The summed E-state index contributed by atoms with van der Waals surface area (Å²) in [6.45, 7) is 0.377. The molecule has 0 radical (unpaired) electrons. The summed E-state index contributed by atoms with van der Waals surface area (Å²) in [5.41, 5.74) is 1.41. The van der Waals surface area contributed by atoms with E-state index < -0.39 is 0 Å². The van der Waals surface area contributed by atoms with Crippen molar-refractivity contribution >= 4 is 5.91 Å². The number of hydrogen-bond acceptors (Lipinski definition) is 4. The Bertz CT molecular complexity index is 593. The van der Waals surface area contributed by atoms with E-state index in [0.29, 0.717) is 12.1 Å². The molecule has 1 heterocycles. The number of carbonyl (C=O) groups excluding carboxylic acids is 1. The minimum atomic E-state index is -0.0384. The molecule has 2 aromatic rings. The zero-order valence-corrected chi connectivity index (χ0v) is 11.0. The monoisotopic (exact) mass is 272 g/mol. The maximum Gasteiger partial charge on any atom is 0.254 e. The van der Waals surface area contributed by atoms with Crippen molar-refractivity contribution in [3.63, 3.8) is 0 Å². The molecule has 1 saturated carbocycles. The van der Waals surface area contributed by atoms with E-state index in [1.165, 1.54) is 0 Å². The molecule has 0 saturated heterocycles. The van der Waals surface area contributed by atoms with Gasteiger partial charge in [-0.3, -0.25) is 4.79 Å². The third-order valence-electron chi connectivity index (χ3n) is 3.37. The zero-order chi connectivity index (χ0) is 13.9. The number of amides is 1. The van der Waals surface area contributed by atoms with E-state index in [2.05, 4.69) is 10.3 Å². The Hall–Kier alpha value is -2.21. The van der Waals surface area contributed by atoms with Gasteiger partial charge in [-0.2, -0.15) is 0 Å². The molecule has 0 bridgehead atoms. The average Bonchev–Trinajstić information content (AvgIpc) is 3.17. The van der Waals surface area contributed by atoms with Crippen LogP contribution < -0.4 is 0 Å². The van der Waals surface area contributed by atoms with E-state index in [1.807, 2.05) is 12.1 Å². The number of rotatable bonds is 5. The van der Waals surface area contributed by atoms with Crippen molar-refractivity contribution < 1.29 is 9.90 Å². The van der Waals surface area contributed by atoms with E-state index in [1.54, 1.807) is 34.1 Å². The first-order chi connectivity index (χ1) is 9.79. The predicted molar refractivity (Wildman–Crippen MR) is 72.5 cm³/mol. The minimum Gasteiger partial charge on any atom is -0.395 e. The van der Waals surface area contributed by atoms with Gasteiger partial charge in [0.05, 0.1) is 24.7 Å². The van der Waals surface area contributed by atoms with Gasteiger partial charge >= 0.3 is 0 Å². The molecule has 104 valence electrons. The zero-order valence-electron chi connectivity index (χ0n) is 11.0. The molecule has 1 aromatic carbocycles. The van der Waals surface area contributed by atoms with Gasteiger partial charge in [-0.05, 0) is 31.0 Å². The second-order valence-electron chi connectivity index (χ2n) is 4.85. The predicted octanol–water partition coefficient (Wildman–Crippen LogP) is 0.864. The molecule has 0 spiro atoms. The van der Waals surface area contributed by atoms with E-state index in [-0.39, 0.29) is 18.6 Å². The second kappa shape index (κ2) is 5.42. The van der Waals surface area contributed by atoms with Crippen LogP contribution in [-0.2, 0) is 0 Å². The largest absolute Gasteiger partial charge is 0.395 e. The minimum absolute atomic E-state index is 0.00892. The molecule has 0 aliphatic heterocycles. The van der Waals surface area contributed by atoms with Gasteiger partial charge in [0.2, 0.25) is 0 Å². The highest BCUT2D eigenvalue weighted by Crippen LogP contribution is 2.28. The van der Waals surface area contributed by atoms with Crippen LogP contribution in [0.15, 0.2) is 36.7 Å². The Morgan fingerprint density at radius 3 is 2.95 bits per heavy atom. The summed E-state index contributed by atoms with van der Waals surface area (Å²) in [7, 11) is 0. The quantitative estimate of drug-likeness (QED) is 0.876. The molecule has 1 N–H and O–H groups in total. The molecular formula is C14H16N4O2. The number of aromatic nitrogens is 3. The van der Waals surface area contributed by atoms with Crippen molar-refractivity contribution in [3.8, 4) is 5.69 Å². The highest BCUT2D eigenvalue weighted by atomic mass is 16.3. The molecule has 1 aliphatic carbocycles. The fourth-order valence-corrected chi connectivity index (χ4v) is 2.24. The van der Waals surface area contributed by atoms with Crippen LogP contribution in [-0.4, -0.2) is 50.1 Å². The van der Waals surface area contributed by atoms with Crippen LogP contribution in [0, 0.1) is 0 Å². The van der Waals surface area contributed by atoms with Crippen molar-refractivity contribution in [1.29, 1.82) is 0 Å². The molecule has 20 heavy (non-hydrogen) atoms. The van der Waals surface area contributed by atoms with Gasteiger partial charge in [0, 0.05) is 18.2 Å². The lowest BCUT2D eigenvalue weighted by Gasteiger charge is -2.21. The number of aliphatic hydroxyl groups excluding tert-OH is 1. The first kappa shape index (κ1) is 12.8. The summed E-state index contributed by atoms with van der Waals surface area (Å²) in [4.78, 5) is 14.3. The number of nitrogens with zero attached hydrogens (tertiary/aromatic N) is 4. The summed E-state index contributed by atoms with van der Waals surface area (Å²) >= 11 is 0. The summed E-state index contributed by atoms with van der Waals surface area (Å²) < 4.78 is 1.62. The molecular weight excluding hydrogens is 256 g/mol. The smallest absolute Gasteiger partial charge is 0.254 e. The standard InChI is InChI=1S/C14H16N4O2/c19-9-8-17(12-4-5-12)14(20)11-2-1-3-13(10-11)18-7-6-15-16-18/h1-3,6-7,10,12,19H,4-5,8-9H2. The van der Waals surface area contributed by atoms with Crippen molar-refractivity contribution in [2.24, 2.45) is 0 Å². The maximum absolute atomic E-state index is 12.5.